The van der Waals surface area contributed by atoms with E-state index < -0.39 is 19.0 Å². The van der Waals surface area contributed by atoms with Crippen molar-refractivity contribution in [3.8, 4) is 5.88 Å². The first-order valence-electron chi connectivity index (χ1n) is 7.15. The van der Waals surface area contributed by atoms with Crippen LogP contribution >= 0.6 is 24.8 Å². The Labute approximate surface area is 154 Å². The van der Waals surface area contributed by atoms with Crippen molar-refractivity contribution in [3.63, 3.8) is 0 Å². The molecule has 25 heavy (non-hydrogen) atoms. The van der Waals surface area contributed by atoms with Gasteiger partial charge in [-0.25, -0.2) is 13.8 Å². The largest absolute Gasteiger partial charge is 0.471 e. The van der Waals surface area contributed by atoms with Crippen molar-refractivity contribution in [3.05, 3.63) is 18.3 Å². The van der Waals surface area contributed by atoms with E-state index in [-0.39, 0.29) is 42.6 Å². The number of pyridine rings is 1. The van der Waals surface area contributed by atoms with Crippen LogP contribution < -0.4 is 15.4 Å². The van der Waals surface area contributed by atoms with Crippen LogP contribution in [-0.4, -0.2) is 42.4 Å². The average molecular weight is 408 g/mol. The highest BCUT2D eigenvalue weighted by atomic mass is 35.5. The van der Waals surface area contributed by atoms with Crippen LogP contribution in [0.5, 0.6) is 5.88 Å². The van der Waals surface area contributed by atoms with Gasteiger partial charge in [0.25, 0.3) is 0 Å². The molecule has 1 fully saturated rings. The van der Waals surface area contributed by atoms with Crippen molar-refractivity contribution in [2.75, 3.05) is 18.5 Å². The number of carbonyl (C=O) groups excluding carboxylic acids is 1. The quantitative estimate of drug-likeness (QED) is 0.680. The van der Waals surface area contributed by atoms with Crippen LogP contribution in [0.15, 0.2) is 18.3 Å². The fourth-order valence-corrected chi connectivity index (χ4v) is 2.14. The van der Waals surface area contributed by atoms with Gasteiger partial charge in [0.1, 0.15) is 0 Å². The minimum Gasteiger partial charge on any atom is -0.471 e. The molecule has 1 aliphatic heterocycles. The van der Waals surface area contributed by atoms with Gasteiger partial charge in [-0.2, -0.15) is 8.78 Å². The summed E-state index contributed by atoms with van der Waals surface area (Å²) in [6.45, 7) is -0.564. The summed E-state index contributed by atoms with van der Waals surface area (Å²) in [5.41, 5.74) is 0.376. The molecule has 0 saturated carbocycles. The number of alkyl halides is 4. The fraction of sp³-hybridized carbons (Fsp3) is 0.571. The highest BCUT2D eigenvalue weighted by molar-refractivity contribution is 5.90. The molecule has 1 aromatic rings. The molecule has 1 saturated heterocycles. The first-order chi connectivity index (χ1) is 10.9. The lowest BCUT2D eigenvalue weighted by Gasteiger charge is -2.15. The van der Waals surface area contributed by atoms with E-state index >= 15 is 0 Å². The summed E-state index contributed by atoms with van der Waals surface area (Å²) in [5.74, 6) is -4.65. The van der Waals surface area contributed by atoms with Gasteiger partial charge in [0, 0.05) is 18.5 Å². The molecule has 2 N–H and O–H groups in total. The third kappa shape index (κ3) is 7.62. The molecule has 5 nitrogen and oxygen atoms in total. The third-order valence-electron chi connectivity index (χ3n) is 3.35. The Bertz CT molecular complexity index is 529. The molecule has 1 aromatic heterocycles. The predicted octanol–water partition coefficient (Wildman–Crippen LogP) is 3.29. The smallest absolute Gasteiger partial charge is 0.340 e. The molecule has 0 radical (unpaired) electrons. The van der Waals surface area contributed by atoms with Gasteiger partial charge in [-0.1, -0.05) is 0 Å². The predicted molar refractivity (Wildman–Crippen MR) is 89.5 cm³/mol. The zero-order valence-electron chi connectivity index (χ0n) is 13.0. The first-order valence-corrected chi connectivity index (χ1v) is 7.15. The summed E-state index contributed by atoms with van der Waals surface area (Å²) in [5, 5.41) is 5.82. The first kappa shape index (κ1) is 23.7. The van der Waals surface area contributed by atoms with E-state index in [9.17, 15) is 22.4 Å². The Kier molecular flexibility index (Phi) is 10.1. The summed E-state index contributed by atoms with van der Waals surface area (Å²) < 4.78 is 53.9. The maximum Gasteiger partial charge on any atom is 0.340 e. The summed E-state index contributed by atoms with van der Waals surface area (Å²) in [6, 6.07) is 2.79. The van der Waals surface area contributed by atoms with Crippen LogP contribution in [0.2, 0.25) is 0 Å². The van der Waals surface area contributed by atoms with Crippen LogP contribution in [0.4, 0.5) is 23.2 Å². The second-order valence-corrected chi connectivity index (χ2v) is 5.28. The van der Waals surface area contributed by atoms with Gasteiger partial charge < -0.3 is 15.4 Å². The average Bonchev–Trinajstić information content (AvgIpc) is 2.99. The zero-order valence-corrected chi connectivity index (χ0v) is 14.6. The van der Waals surface area contributed by atoms with Crippen LogP contribution in [0, 0.1) is 0 Å². The molecular formula is C14H19Cl2F4N3O2. The Morgan fingerprint density at radius 3 is 2.64 bits per heavy atom. The van der Waals surface area contributed by atoms with Crippen molar-refractivity contribution in [1.29, 1.82) is 0 Å². The molecule has 1 amide bonds. The van der Waals surface area contributed by atoms with Crippen molar-refractivity contribution in [2.24, 2.45) is 0 Å². The van der Waals surface area contributed by atoms with Gasteiger partial charge in [0.05, 0.1) is 11.9 Å². The number of rotatable bonds is 7. The van der Waals surface area contributed by atoms with E-state index in [2.05, 4.69) is 20.4 Å². The number of aromatic nitrogens is 1. The van der Waals surface area contributed by atoms with E-state index in [4.69, 9.17) is 0 Å². The van der Waals surface area contributed by atoms with Gasteiger partial charge in [0.15, 0.2) is 6.61 Å². The molecule has 2 heterocycles. The maximum absolute atomic E-state index is 12.7. The van der Waals surface area contributed by atoms with Crippen molar-refractivity contribution in [1.82, 2.24) is 10.3 Å². The summed E-state index contributed by atoms with van der Waals surface area (Å²) in [6.07, 6.45) is -0.273. The number of anilines is 1. The molecule has 144 valence electrons. The number of halogens is 6. The monoisotopic (exact) mass is 407 g/mol. The number of nitrogens with one attached hydrogen (secondary N) is 2. The third-order valence-corrected chi connectivity index (χ3v) is 3.35. The van der Waals surface area contributed by atoms with E-state index in [0.717, 1.165) is 19.4 Å². The molecule has 11 heteroatoms. The van der Waals surface area contributed by atoms with Crippen molar-refractivity contribution in [2.45, 2.75) is 37.7 Å². The Morgan fingerprint density at radius 1 is 1.40 bits per heavy atom. The summed E-state index contributed by atoms with van der Waals surface area (Å²) >= 11 is 0. The van der Waals surface area contributed by atoms with Gasteiger partial charge in [0.2, 0.25) is 11.8 Å². The Balaban J connectivity index is 0.00000288. The van der Waals surface area contributed by atoms with Crippen molar-refractivity contribution < 1.29 is 27.1 Å². The Hall–Kier alpha value is -1.32. The summed E-state index contributed by atoms with van der Waals surface area (Å²) in [4.78, 5) is 15.5. The lowest BCUT2D eigenvalue weighted by atomic mass is 10.1. The molecule has 0 aromatic carbocycles. The lowest BCUT2D eigenvalue weighted by Crippen LogP contribution is -2.33. The summed E-state index contributed by atoms with van der Waals surface area (Å²) in [7, 11) is 0. The van der Waals surface area contributed by atoms with Gasteiger partial charge in [-0.15, -0.1) is 24.8 Å². The number of amides is 1. The highest BCUT2D eigenvalue weighted by Gasteiger charge is 2.41. The second kappa shape index (κ2) is 10.6. The van der Waals surface area contributed by atoms with Crippen LogP contribution in [-0.2, 0) is 4.79 Å². The molecule has 0 aliphatic carbocycles. The normalized spacial score (nSPS) is 16.8. The minimum absolute atomic E-state index is 0. The number of nitrogens with zero attached hydrogens (tertiary/aromatic N) is 1. The standard InChI is InChI=1S/C14H17F4N3O2.2ClH/c15-13(16)14(17,18)8-23-12-4-3-10(7-20-12)21-11(22)6-9-2-1-5-19-9;;/h3-4,7,9,13,19H,1-2,5-6,8H2,(H,21,22);2*1H. The SMILES string of the molecule is Cl.Cl.O=C(CC1CCCN1)Nc1ccc(OCC(F)(F)C(F)F)nc1. The molecule has 0 spiro atoms. The van der Waals surface area contributed by atoms with E-state index in [0.29, 0.717) is 12.1 Å². The van der Waals surface area contributed by atoms with E-state index in [1.165, 1.54) is 18.3 Å². The number of ether oxygens (including phenoxy) is 1. The highest BCUT2D eigenvalue weighted by Crippen LogP contribution is 2.24. The number of hydrogen-bond donors (Lipinski definition) is 2. The minimum atomic E-state index is -4.23. The van der Waals surface area contributed by atoms with E-state index in [1.54, 1.807) is 0 Å². The second-order valence-electron chi connectivity index (χ2n) is 5.28. The molecule has 1 unspecified atom stereocenters. The molecule has 1 aliphatic rings. The topological polar surface area (TPSA) is 63.2 Å². The number of carbonyl (C=O) groups is 1. The van der Waals surface area contributed by atoms with Gasteiger partial charge in [-0.05, 0) is 25.5 Å². The lowest BCUT2D eigenvalue weighted by molar-refractivity contribution is -0.148. The van der Waals surface area contributed by atoms with Crippen LogP contribution in [0.1, 0.15) is 19.3 Å². The van der Waals surface area contributed by atoms with Gasteiger partial charge >= 0.3 is 12.3 Å². The van der Waals surface area contributed by atoms with E-state index in [1.807, 2.05) is 0 Å². The van der Waals surface area contributed by atoms with Crippen LogP contribution in [0.25, 0.3) is 0 Å². The molecular weight excluding hydrogens is 389 g/mol. The molecule has 0 bridgehead atoms. The van der Waals surface area contributed by atoms with Gasteiger partial charge in [-0.3, -0.25) is 4.79 Å². The molecule has 1 atom stereocenters. The Morgan fingerprint density at radius 2 is 2.12 bits per heavy atom. The zero-order chi connectivity index (χ0) is 16.9. The maximum atomic E-state index is 12.7. The fourth-order valence-electron chi connectivity index (χ4n) is 2.14. The molecule has 2 rings (SSSR count). The number of hydrogen-bond acceptors (Lipinski definition) is 4. The van der Waals surface area contributed by atoms with Crippen LogP contribution in [0.3, 0.4) is 0 Å². The van der Waals surface area contributed by atoms with Crippen molar-refractivity contribution >= 4 is 36.4 Å².